The summed E-state index contributed by atoms with van der Waals surface area (Å²) in [5, 5.41) is 7.45. The second-order valence-electron chi connectivity index (χ2n) is 6.66. The van der Waals surface area contributed by atoms with E-state index in [4.69, 9.17) is 9.47 Å². The molecule has 0 spiro atoms. The van der Waals surface area contributed by atoms with Crippen molar-refractivity contribution in [1.29, 1.82) is 0 Å². The van der Waals surface area contributed by atoms with Crippen molar-refractivity contribution in [1.82, 2.24) is 14.8 Å². The molecule has 0 saturated heterocycles. The predicted octanol–water partition coefficient (Wildman–Crippen LogP) is 3.71. The molecule has 7 nitrogen and oxygen atoms in total. The average molecular weight is 390 g/mol. The van der Waals surface area contributed by atoms with Crippen LogP contribution in [0, 0.1) is 0 Å². The summed E-state index contributed by atoms with van der Waals surface area (Å²) >= 11 is 0. The van der Waals surface area contributed by atoms with Gasteiger partial charge in [0.2, 0.25) is 5.95 Å². The molecule has 2 heterocycles. The predicted molar refractivity (Wildman–Crippen MR) is 108 cm³/mol. The molecule has 7 heteroatoms. The number of carbonyl (C=O) groups is 1. The van der Waals surface area contributed by atoms with E-state index in [9.17, 15) is 4.79 Å². The summed E-state index contributed by atoms with van der Waals surface area (Å²) in [4.78, 5) is 17.0. The Morgan fingerprint density at radius 2 is 2.00 bits per heavy atom. The third-order valence-electron chi connectivity index (χ3n) is 4.71. The lowest BCUT2D eigenvalue weighted by Gasteiger charge is -2.28. The Kier molecular flexibility index (Phi) is 5.29. The SMILES string of the molecule is CCOC(=O)C1=C(C)Nc2ncnn2[C@@H]1c1cccc(OCc2ccccc2)c1. The van der Waals surface area contributed by atoms with Gasteiger partial charge < -0.3 is 14.8 Å². The Hall–Kier alpha value is -3.61. The quantitative estimate of drug-likeness (QED) is 0.647. The van der Waals surface area contributed by atoms with Gasteiger partial charge in [0.1, 0.15) is 24.7 Å². The van der Waals surface area contributed by atoms with E-state index in [1.165, 1.54) is 6.33 Å². The summed E-state index contributed by atoms with van der Waals surface area (Å²) < 4.78 is 13.0. The highest BCUT2D eigenvalue weighted by atomic mass is 16.5. The molecule has 1 atom stereocenters. The lowest BCUT2D eigenvalue weighted by atomic mass is 9.95. The van der Waals surface area contributed by atoms with Gasteiger partial charge in [0.05, 0.1) is 12.2 Å². The second-order valence-corrected chi connectivity index (χ2v) is 6.66. The van der Waals surface area contributed by atoms with E-state index in [-0.39, 0.29) is 5.97 Å². The van der Waals surface area contributed by atoms with E-state index in [0.717, 1.165) is 11.1 Å². The zero-order valence-corrected chi connectivity index (χ0v) is 16.3. The second kappa shape index (κ2) is 8.18. The first-order chi connectivity index (χ1) is 14.2. The number of rotatable bonds is 6. The molecule has 0 bridgehead atoms. The van der Waals surface area contributed by atoms with Crippen molar-refractivity contribution in [2.24, 2.45) is 0 Å². The molecule has 148 valence electrons. The number of ether oxygens (including phenoxy) is 2. The number of nitrogens with one attached hydrogen (secondary N) is 1. The molecular weight excluding hydrogens is 368 g/mol. The number of hydrogen-bond acceptors (Lipinski definition) is 6. The number of anilines is 1. The molecule has 2 aromatic carbocycles. The number of fused-ring (bicyclic) bond motifs is 1. The summed E-state index contributed by atoms with van der Waals surface area (Å²) in [5.74, 6) is 0.919. The van der Waals surface area contributed by atoms with Crippen LogP contribution in [0.5, 0.6) is 5.75 Å². The Bertz CT molecular complexity index is 1040. The molecule has 4 rings (SSSR count). The number of aromatic nitrogens is 3. The van der Waals surface area contributed by atoms with Crippen LogP contribution in [0.3, 0.4) is 0 Å². The molecule has 29 heavy (non-hydrogen) atoms. The maximum absolute atomic E-state index is 12.7. The first-order valence-electron chi connectivity index (χ1n) is 9.48. The van der Waals surface area contributed by atoms with Gasteiger partial charge in [-0.25, -0.2) is 9.48 Å². The lowest BCUT2D eigenvalue weighted by molar-refractivity contribution is -0.139. The summed E-state index contributed by atoms with van der Waals surface area (Å²) in [7, 11) is 0. The molecular formula is C22H22N4O3. The Morgan fingerprint density at radius 3 is 2.79 bits per heavy atom. The molecule has 3 aromatic rings. The van der Waals surface area contributed by atoms with Crippen LogP contribution >= 0.6 is 0 Å². The largest absolute Gasteiger partial charge is 0.489 e. The molecule has 0 unspecified atom stereocenters. The number of hydrogen-bond donors (Lipinski definition) is 1. The molecule has 0 saturated carbocycles. The fraction of sp³-hybridized carbons (Fsp3) is 0.227. The maximum atomic E-state index is 12.7. The maximum Gasteiger partial charge on any atom is 0.338 e. The van der Waals surface area contributed by atoms with E-state index in [1.54, 1.807) is 11.6 Å². The number of esters is 1. The van der Waals surface area contributed by atoms with Crippen LogP contribution in [0.1, 0.15) is 31.0 Å². The summed E-state index contributed by atoms with van der Waals surface area (Å²) in [6.45, 7) is 4.39. The highest BCUT2D eigenvalue weighted by Crippen LogP contribution is 2.36. The van der Waals surface area contributed by atoms with E-state index >= 15 is 0 Å². The minimum atomic E-state index is -0.451. The standard InChI is InChI=1S/C22H22N4O3/c1-3-28-21(27)19-15(2)25-22-23-14-24-26(22)20(19)17-10-7-11-18(12-17)29-13-16-8-5-4-6-9-16/h4-12,14,20H,3,13H2,1-2H3,(H,23,24,25)/t20-/m1/s1. The van der Waals surface area contributed by atoms with E-state index in [2.05, 4.69) is 15.4 Å². The number of carbonyl (C=O) groups excluding carboxylic acids is 1. The van der Waals surface area contributed by atoms with Crippen LogP contribution in [0.25, 0.3) is 0 Å². The van der Waals surface area contributed by atoms with Gasteiger partial charge in [-0.1, -0.05) is 42.5 Å². The molecule has 0 aliphatic carbocycles. The Morgan fingerprint density at radius 1 is 1.17 bits per heavy atom. The molecule has 0 amide bonds. The Labute approximate surface area is 169 Å². The minimum absolute atomic E-state index is 0.298. The van der Waals surface area contributed by atoms with Gasteiger partial charge in [-0.3, -0.25) is 0 Å². The average Bonchev–Trinajstić information content (AvgIpc) is 3.20. The third-order valence-corrected chi connectivity index (χ3v) is 4.71. The van der Waals surface area contributed by atoms with Gasteiger partial charge in [0.15, 0.2) is 0 Å². The van der Waals surface area contributed by atoms with E-state index in [0.29, 0.717) is 36.2 Å². The highest BCUT2D eigenvalue weighted by molar-refractivity contribution is 5.92. The van der Waals surface area contributed by atoms with Crippen molar-refractivity contribution in [2.75, 3.05) is 11.9 Å². The normalized spacial score (nSPS) is 15.4. The number of allylic oxidation sites excluding steroid dienone is 1. The fourth-order valence-corrected chi connectivity index (χ4v) is 3.39. The minimum Gasteiger partial charge on any atom is -0.489 e. The zero-order chi connectivity index (χ0) is 20.2. The van der Waals surface area contributed by atoms with Crippen LogP contribution in [-0.4, -0.2) is 27.3 Å². The molecule has 0 fully saturated rings. The molecule has 1 aliphatic heterocycles. The highest BCUT2D eigenvalue weighted by Gasteiger charge is 2.34. The van der Waals surface area contributed by atoms with Gasteiger partial charge in [0.25, 0.3) is 0 Å². The van der Waals surface area contributed by atoms with Crippen molar-refractivity contribution >= 4 is 11.9 Å². The van der Waals surface area contributed by atoms with Crippen molar-refractivity contribution in [2.45, 2.75) is 26.5 Å². The van der Waals surface area contributed by atoms with Crippen LogP contribution in [-0.2, 0) is 16.1 Å². The number of benzene rings is 2. The summed E-state index contributed by atoms with van der Waals surface area (Å²) in [6, 6.07) is 17.2. The molecule has 1 N–H and O–H groups in total. The van der Waals surface area contributed by atoms with Crippen molar-refractivity contribution in [3.05, 3.63) is 83.3 Å². The van der Waals surface area contributed by atoms with Crippen molar-refractivity contribution in [3.8, 4) is 5.75 Å². The monoisotopic (exact) mass is 390 g/mol. The van der Waals surface area contributed by atoms with Crippen LogP contribution < -0.4 is 10.1 Å². The van der Waals surface area contributed by atoms with Crippen LogP contribution in [0.4, 0.5) is 5.95 Å². The molecule has 1 aliphatic rings. The van der Waals surface area contributed by atoms with Gasteiger partial charge in [-0.2, -0.15) is 10.1 Å². The van der Waals surface area contributed by atoms with Crippen molar-refractivity contribution < 1.29 is 14.3 Å². The lowest BCUT2D eigenvalue weighted by Crippen LogP contribution is -2.29. The van der Waals surface area contributed by atoms with Crippen LogP contribution in [0.2, 0.25) is 0 Å². The summed E-state index contributed by atoms with van der Waals surface area (Å²) in [6.07, 6.45) is 1.46. The van der Waals surface area contributed by atoms with Crippen LogP contribution in [0.15, 0.2) is 72.2 Å². The Balaban J connectivity index is 1.67. The zero-order valence-electron chi connectivity index (χ0n) is 16.3. The van der Waals surface area contributed by atoms with E-state index < -0.39 is 6.04 Å². The number of nitrogens with zero attached hydrogens (tertiary/aromatic N) is 3. The first kappa shape index (κ1) is 18.7. The van der Waals surface area contributed by atoms with Gasteiger partial charge >= 0.3 is 5.97 Å². The topological polar surface area (TPSA) is 78.3 Å². The molecule has 1 aromatic heterocycles. The first-order valence-corrected chi connectivity index (χ1v) is 9.48. The summed E-state index contributed by atoms with van der Waals surface area (Å²) in [5.41, 5.74) is 3.15. The van der Waals surface area contributed by atoms with Gasteiger partial charge in [0, 0.05) is 5.70 Å². The van der Waals surface area contributed by atoms with Gasteiger partial charge in [-0.15, -0.1) is 0 Å². The third kappa shape index (κ3) is 3.85. The van der Waals surface area contributed by atoms with Crippen molar-refractivity contribution in [3.63, 3.8) is 0 Å². The molecule has 0 radical (unpaired) electrons. The van der Waals surface area contributed by atoms with Gasteiger partial charge in [-0.05, 0) is 37.1 Å². The smallest absolute Gasteiger partial charge is 0.338 e. The fourth-order valence-electron chi connectivity index (χ4n) is 3.39. The van der Waals surface area contributed by atoms with E-state index in [1.807, 2.05) is 61.5 Å².